The summed E-state index contributed by atoms with van der Waals surface area (Å²) in [6.45, 7) is 5.71. The quantitative estimate of drug-likeness (QED) is 0.312. The molecule has 0 atom stereocenters. The zero-order valence-corrected chi connectivity index (χ0v) is 19.6. The number of nitrogens with one attached hydrogen (secondary N) is 1. The lowest BCUT2D eigenvalue weighted by Gasteiger charge is -2.19. The SMILES string of the molecule is C/C(=N\NC(=O)c1ccc(COc2ccc(C(C)(C)C)cc2)cc1)c1ccc(OC(F)F)cc1. The van der Waals surface area contributed by atoms with Crippen LogP contribution in [0.5, 0.6) is 11.5 Å². The molecule has 0 bridgehead atoms. The van der Waals surface area contributed by atoms with Crippen molar-refractivity contribution in [3.63, 3.8) is 0 Å². The number of halogens is 2. The summed E-state index contributed by atoms with van der Waals surface area (Å²) in [5.41, 5.74) is 6.42. The Morgan fingerprint density at radius 1 is 0.882 bits per heavy atom. The Bertz CT molecular complexity index is 1120. The lowest BCUT2D eigenvalue weighted by atomic mass is 9.87. The van der Waals surface area contributed by atoms with E-state index in [4.69, 9.17) is 4.74 Å². The van der Waals surface area contributed by atoms with Crippen molar-refractivity contribution in [2.24, 2.45) is 5.10 Å². The number of hydrogen-bond acceptors (Lipinski definition) is 4. The van der Waals surface area contributed by atoms with Crippen molar-refractivity contribution in [3.05, 3.63) is 95.1 Å². The number of rotatable bonds is 8. The second kappa shape index (κ2) is 10.9. The highest BCUT2D eigenvalue weighted by Gasteiger charge is 2.13. The lowest BCUT2D eigenvalue weighted by molar-refractivity contribution is -0.0498. The molecule has 7 heteroatoms. The number of hydrogen-bond donors (Lipinski definition) is 1. The second-order valence-electron chi connectivity index (χ2n) is 8.80. The third kappa shape index (κ3) is 7.13. The molecule has 3 rings (SSSR count). The topological polar surface area (TPSA) is 59.9 Å². The van der Waals surface area contributed by atoms with Crippen molar-refractivity contribution in [1.29, 1.82) is 0 Å². The molecule has 0 aliphatic heterocycles. The van der Waals surface area contributed by atoms with Crippen LogP contribution in [0.2, 0.25) is 0 Å². The fourth-order valence-corrected chi connectivity index (χ4v) is 3.11. The molecule has 34 heavy (non-hydrogen) atoms. The zero-order valence-electron chi connectivity index (χ0n) is 19.6. The van der Waals surface area contributed by atoms with Gasteiger partial charge in [0.2, 0.25) is 0 Å². The molecule has 3 aromatic rings. The highest BCUT2D eigenvalue weighted by Crippen LogP contribution is 2.24. The highest BCUT2D eigenvalue weighted by molar-refractivity contribution is 6.00. The summed E-state index contributed by atoms with van der Waals surface area (Å²) in [6.07, 6.45) is 0. The molecular weight excluding hydrogens is 438 g/mol. The molecule has 0 aliphatic rings. The van der Waals surface area contributed by atoms with E-state index in [0.29, 0.717) is 23.4 Å². The molecule has 0 aromatic heterocycles. The van der Waals surface area contributed by atoms with E-state index < -0.39 is 6.61 Å². The summed E-state index contributed by atoms with van der Waals surface area (Å²) >= 11 is 0. The minimum Gasteiger partial charge on any atom is -0.489 e. The van der Waals surface area contributed by atoms with Gasteiger partial charge >= 0.3 is 6.61 Å². The molecule has 178 valence electrons. The Morgan fingerprint density at radius 2 is 1.44 bits per heavy atom. The average Bonchev–Trinajstić information content (AvgIpc) is 2.81. The van der Waals surface area contributed by atoms with Gasteiger partial charge in [-0.1, -0.05) is 45.0 Å². The Morgan fingerprint density at radius 3 is 2.00 bits per heavy atom. The molecule has 0 aliphatic carbocycles. The summed E-state index contributed by atoms with van der Waals surface area (Å²) < 4.78 is 34.7. The van der Waals surface area contributed by atoms with E-state index in [1.807, 2.05) is 24.3 Å². The molecular formula is C27H28F2N2O3. The first-order valence-corrected chi connectivity index (χ1v) is 10.8. The molecule has 1 amide bonds. The number of benzene rings is 3. The molecule has 0 saturated carbocycles. The van der Waals surface area contributed by atoms with Crippen LogP contribution in [0.15, 0.2) is 77.9 Å². The largest absolute Gasteiger partial charge is 0.489 e. The maximum Gasteiger partial charge on any atom is 0.387 e. The smallest absolute Gasteiger partial charge is 0.387 e. The van der Waals surface area contributed by atoms with E-state index in [9.17, 15) is 13.6 Å². The van der Waals surface area contributed by atoms with Crippen LogP contribution >= 0.6 is 0 Å². The Hall–Kier alpha value is -3.74. The van der Waals surface area contributed by atoms with Gasteiger partial charge in [0.05, 0.1) is 5.71 Å². The molecule has 0 heterocycles. The highest BCUT2D eigenvalue weighted by atomic mass is 19.3. The number of carbonyl (C=O) groups is 1. The third-order valence-electron chi connectivity index (χ3n) is 5.16. The van der Waals surface area contributed by atoms with Crippen LogP contribution in [0.3, 0.4) is 0 Å². The number of amides is 1. The number of alkyl halides is 2. The summed E-state index contributed by atoms with van der Waals surface area (Å²) in [6, 6.07) is 21.1. The monoisotopic (exact) mass is 466 g/mol. The van der Waals surface area contributed by atoms with Gasteiger partial charge in [0.1, 0.15) is 18.1 Å². The summed E-state index contributed by atoms with van der Waals surface area (Å²) in [7, 11) is 0. The average molecular weight is 467 g/mol. The second-order valence-corrected chi connectivity index (χ2v) is 8.80. The minimum absolute atomic E-state index is 0.0570. The number of ether oxygens (including phenoxy) is 2. The third-order valence-corrected chi connectivity index (χ3v) is 5.16. The fourth-order valence-electron chi connectivity index (χ4n) is 3.11. The van der Waals surface area contributed by atoms with Crippen LogP contribution in [0.25, 0.3) is 0 Å². The van der Waals surface area contributed by atoms with Gasteiger partial charge in [-0.25, -0.2) is 5.43 Å². The van der Waals surface area contributed by atoms with E-state index in [-0.39, 0.29) is 17.1 Å². The fraction of sp³-hybridized carbons (Fsp3) is 0.259. The molecule has 0 saturated heterocycles. The first-order chi connectivity index (χ1) is 16.1. The predicted octanol–water partition coefficient (Wildman–Crippen LogP) is 6.32. The first kappa shape index (κ1) is 24.9. The Labute approximate surface area is 198 Å². The van der Waals surface area contributed by atoms with Gasteiger partial charge in [-0.05, 0) is 77.6 Å². The van der Waals surface area contributed by atoms with Crippen molar-refractivity contribution >= 4 is 11.6 Å². The summed E-state index contributed by atoms with van der Waals surface area (Å²) in [4.78, 5) is 12.4. The Balaban J connectivity index is 1.53. The van der Waals surface area contributed by atoms with Crippen LogP contribution in [-0.2, 0) is 12.0 Å². The number of carbonyl (C=O) groups excluding carboxylic acids is 1. The van der Waals surface area contributed by atoms with Crippen LogP contribution in [0, 0.1) is 0 Å². The van der Waals surface area contributed by atoms with Gasteiger partial charge in [0.25, 0.3) is 5.91 Å². The van der Waals surface area contributed by atoms with Gasteiger partial charge in [0.15, 0.2) is 0 Å². The van der Waals surface area contributed by atoms with Crippen LogP contribution < -0.4 is 14.9 Å². The van der Waals surface area contributed by atoms with Crippen molar-refractivity contribution < 1.29 is 23.0 Å². The summed E-state index contributed by atoms with van der Waals surface area (Å²) in [5, 5.41) is 4.09. The van der Waals surface area contributed by atoms with E-state index >= 15 is 0 Å². The van der Waals surface area contributed by atoms with Crippen molar-refractivity contribution in [1.82, 2.24) is 5.43 Å². The van der Waals surface area contributed by atoms with Gasteiger partial charge in [0, 0.05) is 5.56 Å². The van der Waals surface area contributed by atoms with Gasteiger partial charge in [-0.3, -0.25) is 4.79 Å². The molecule has 3 aromatic carbocycles. The molecule has 0 radical (unpaired) electrons. The minimum atomic E-state index is -2.88. The number of nitrogens with zero attached hydrogens (tertiary/aromatic N) is 1. The standard InChI is InChI=1S/C27H28F2N2O3/c1-18(20-9-13-24(14-10-20)34-26(28)29)30-31-25(32)21-7-5-19(6-8-21)17-33-23-15-11-22(12-16-23)27(2,3)4/h5-16,26H,17H2,1-4H3,(H,31,32)/b30-18+. The van der Waals surface area contributed by atoms with Crippen molar-refractivity contribution in [2.75, 3.05) is 0 Å². The first-order valence-electron chi connectivity index (χ1n) is 10.8. The van der Waals surface area contributed by atoms with E-state index in [2.05, 4.69) is 48.2 Å². The van der Waals surface area contributed by atoms with Crippen LogP contribution in [0.1, 0.15) is 54.7 Å². The summed E-state index contributed by atoms with van der Waals surface area (Å²) in [5.74, 6) is 0.484. The van der Waals surface area contributed by atoms with Crippen molar-refractivity contribution in [3.8, 4) is 11.5 Å². The molecule has 5 nitrogen and oxygen atoms in total. The zero-order chi connectivity index (χ0) is 24.7. The van der Waals surface area contributed by atoms with E-state index in [1.165, 1.54) is 17.7 Å². The van der Waals surface area contributed by atoms with E-state index in [1.54, 1.807) is 31.2 Å². The van der Waals surface area contributed by atoms with Crippen LogP contribution in [0.4, 0.5) is 8.78 Å². The molecule has 0 spiro atoms. The van der Waals surface area contributed by atoms with Gasteiger partial charge < -0.3 is 9.47 Å². The predicted molar refractivity (Wildman–Crippen MR) is 129 cm³/mol. The van der Waals surface area contributed by atoms with E-state index in [0.717, 1.165) is 11.3 Å². The molecule has 0 unspecified atom stereocenters. The molecule has 0 fully saturated rings. The van der Waals surface area contributed by atoms with Gasteiger partial charge in [-0.15, -0.1) is 0 Å². The normalized spacial score (nSPS) is 11.9. The molecule has 1 N–H and O–H groups in total. The van der Waals surface area contributed by atoms with Gasteiger partial charge in [-0.2, -0.15) is 13.9 Å². The lowest BCUT2D eigenvalue weighted by Crippen LogP contribution is -2.19. The maximum atomic E-state index is 12.4. The number of hydrazone groups is 1. The van der Waals surface area contributed by atoms with Crippen molar-refractivity contribution in [2.45, 2.75) is 46.3 Å². The Kier molecular flexibility index (Phi) is 7.99. The maximum absolute atomic E-state index is 12.4. The van der Waals surface area contributed by atoms with Crippen LogP contribution in [-0.4, -0.2) is 18.2 Å².